The van der Waals surface area contributed by atoms with Gasteiger partial charge in [0.05, 0.1) is 40.0 Å². The Balaban J connectivity index is 2.64. The molecule has 1 unspecified atom stereocenters. The minimum Gasteiger partial charge on any atom is -0.497 e. The summed E-state index contributed by atoms with van der Waals surface area (Å²) in [6, 6.07) is 6.94. The predicted molar refractivity (Wildman–Crippen MR) is 94.2 cm³/mol. The normalized spacial score (nSPS) is 11.5. The summed E-state index contributed by atoms with van der Waals surface area (Å²) >= 11 is 0. The molecule has 1 amide bonds. The van der Waals surface area contributed by atoms with E-state index < -0.39 is 11.9 Å². The molecule has 26 heavy (non-hydrogen) atoms. The smallest absolute Gasteiger partial charge is 0.310 e. The minimum absolute atomic E-state index is 0.0918. The molecule has 0 aliphatic carbocycles. The van der Waals surface area contributed by atoms with E-state index >= 15 is 0 Å². The van der Waals surface area contributed by atoms with Crippen LogP contribution in [0.4, 0.5) is 0 Å². The highest BCUT2D eigenvalue weighted by Gasteiger charge is 2.22. The second-order valence-electron chi connectivity index (χ2n) is 5.57. The van der Waals surface area contributed by atoms with Crippen LogP contribution in [0.5, 0.6) is 11.5 Å². The Kier molecular flexibility index (Phi) is 10.1. The number of aliphatic hydroxyl groups is 1. The number of esters is 1. The van der Waals surface area contributed by atoms with Gasteiger partial charge in [0.15, 0.2) is 6.61 Å². The molecule has 8 heteroatoms. The molecule has 0 saturated heterocycles. The average Bonchev–Trinajstić information content (AvgIpc) is 2.67. The van der Waals surface area contributed by atoms with Gasteiger partial charge < -0.3 is 29.0 Å². The number of hydrogen-bond acceptors (Lipinski definition) is 7. The van der Waals surface area contributed by atoms with Crippen molar-refractivity contribution in [2.45, 2.75) is 6.92 Å². The minimum atomic E-state index is -0.474. The Morgan fingerprint density at radius 1 is 1.19 bits per heavy atom. The van der Waals surface area contributed by atoms with Gasteiger partial charge >= 0.3 is 5.97 Å². The van der Waals surface area contributed by atoms with Crippen molar-refractivity contribution in [1.82, 2.24) is 4.90 Å². The Bertz CT molecular complexity index is 564. The van der Waals surface area contributed by atoms with Crippen LogP contribution < -0.4 is 9.47 Å². The zero-order chi connectivity index (χ0) is 19.4. The number of carbonyl (C=O) groups is 2. The van der Waals surface area contributed by atoms with E-state index in [9.17, 15) is 9.59 Å². The number of nitrogens with zero attached hydrogens (tertiary/aromatic N) is 1. The van der Waals surface area contributed by atoms with Gasteiger partial charge in [0.25, 0.3) is 5.91 Å². The first-order valence-electron chi connectivity index (χ1n) is 8.32. The molecule has 0 aromatic heterocycles. The first-order chi connectivity index (χ1) is 12.5. The van der Waals surface area contributed by atoms with Gasteiger partial charge in [-0.25, -0.2) is 0 Å². The highest BCUT2D eigenvalue weighted by molar-refractivity contribution is 5.79. The Labute approximate surface area is 153 Å². The van der Waals surface area contributed by atoms with Gasteiger partial charge in [-0.1, -0.05) is 13.0 Å². The highest BCUT2D eigenvalue weighted by atomic mass is 16.5. The van der Waals surface area contributed by atoms with E-state index in [0.29, 0.717) is 11.5 Å². The van der Waals surface area contributed by atoms with Crippen LogP contribution in [0.2, 0.25) is 0 Å². The van der Waals surface area contributed by atoms with Gasteiger partial charge in [-0.3, -0.25) is 9.59 Å². The molecule has 146 valence electrons. The third kappa shape index (κ3) is 7.71. The van der Waals surface area contributed by atoms with Crippen molar-refractivity contribution in [2.24, 2.45) is 5.92 Å². The lowest BCUT2D eigenvalue weighted by molar-refractivity contribution is -0.147. The monoisotopic (exact) mass is 369 g/mol. The van der Waals surface area contributed by atoms with Crippen LogP contribution in [0.1, 0.15) is 6.92 Å². The fraction of sp³-hybridized carbons (Fsp3) is 0.556. The third-order valence-corrected chi connectivity index (χ3v) is 3.60. The van der Waals surface area contributed by atoms with E-state index in [-0.39, 0.29) is 45.4 Å². The molecule has 0 spiro atoms. The van der Waals surface area contributed by atoms with Crippen molar-refractivity contribution in [2.75, 3.05) is 53.7 Å². The number of aliphatic hydroxyl groups excluding tert-OH is 1. The summed E-state index contributed by atoms with van der Waals surface area (Å²) in [6.07, 6.45) is 0. The molecule has 0 radical (unpaired) electrons. The zero-order valence-electron chi connectivity index (χ0n) is 15.5. The molecule has 1 aromatic carbocycles. The second-order valence-corrected chi connectivity index (χ2v) is 5.57. The molecular formula is C18H27NO7. The maximum atomic E-state index is 12.5. The van der Waals surface area contributed by atoms with E-state index in [1.54, 1.807) is 38.3 Å². The molecule has 0 aliphatic rings. The number of benzene rings is 1. The second kappa shape index (κ2) is 12.1. The lowest BCUT2D eigenvalue weighted by Crippen LogP contribution is -2.41. The zero-order valence-corrected chi connectivity index (χ0v) is 15.5. The number of rotatable bonds is 12. The maximum Gasteiger partial charge on any atom is 0.310 e. The topological polar surface area (TPSA) is 94.5 Å². The van der Waals surface area contributed by atoms with Gasteiger partial charge in [-0.2, -0.15) is 0 Å². The molecule has 8 nitrogen and oxygen atoms in total. The lowest BCUT2D eigenvalue weighted by atomic mass is 10.1. The Morgan fingerprint density at radius 2 is 1.92 bits per heavy atom. The first kappa shape index (κ1) is 21.7. The van der Waals surface area contributed by atoms with Gasteiger partial charge in [0.2, 0.25) is 0 Å². The molecule has 0 bridgehead atoms. The fourth-order valence-corrected chi connectivity index (χ4v) is 2.19. The lowest BCUT2D eigenvalue weighted by Gasteiger charge is -2.25. The number of hydrogen-bond donors (Lipinski definition) is 1. The van der Waals surface area contributed by atoms with Gasteiger partial charge in [0, 0.05) is 19.2 Å². The van der Waals surface area contributed by atoms with Crippen LogP contribution >= 0.6 is 0 Å². The molecule has 1 N–H and O–H groups in total. The summed E-state index contributed by atoms with van der Waals surface area (Å²) in [5.41, 5.74) is 0. The van der Waals surface area contributed by atoms with E-state index in [1.165, 1.54) is 12.0 Å². The number of carbonyl (C=O) groups excluding carboxylic acids is 2. The summed E-state index contributed by atoms with van der Waals surface area (Å²) in [6.45, 7) is 2.32. The van der Waals surface area contributed by atoms with Crippen LogP contribution in [0.15, 0.2) is 24.3 Å². The summed E-state index contributed by atoms with van der Waals surface area (Å²) in [4.78, 5) is 25.6. The van der Waals surface area contributed by atoms with Crippen molar-refractivity contribution in [1.29, 1.82) is 0 Å². The number of amides is 1. The summed E-state index contributed by atoms with van der Waals surface area (Å²) in [5, 5.41) is 8.75. The van der Waals surface area contributed by atoms with Crippen LogP contribution in [-0.4, -0.2) is 75.6 Å². The molecular weight excluding hydrogens is 342 g/mol. The van der Waals surface area contributed by atoms with E-state index in [1.807, 2.05) is 0 Å². The highest BCUT2D eigenvalue weighted by Crippen LogP contribution is 2.18. The van der Waals surface area contributed by atoms with Crippen molar-refractivity contribution in [3.05, 3.63) is 24.3 Å². The average molecular weight is 369 g/mol. The first-order valence-corrected chi connectivity index (χ1v) is 8.32. The van der Waals surface area contributed by atoms with E-state index in [0.717, 1.165) is 0 Å². The molecule has 0 saturated carbocycles. The maximum absolute atomic E-state index is 12.5. The van der Waals surface area contributed by atoms with E-state index in [4.69, 9.17) is 24.1 Å². The Hall–Kier alpha value is -2.32. The predicted octanol–water partition coefficient (Wildman–Crippen LogP) is 0.721. The molecule has 1 rings (SSSR count). The van der Waals surface area contributed by atoms with Crippen molar-refractivity contribution in [3.8, 4) is 11.5 Å². The summed E-state index contributed by atoms with van der Waals surface area (Å²) < 4.78 is 20.5. The number of ether oxygens (including phenoxy) is 4. The van der Waals surface area contributed by atoms with Crippen molar-refractivity contribution in [3.63, 3.8) is 0 Å². The van der Waals surface area contributed by atoms with Gasteiger partial charge in [-0.05, 0) is 12.1 Å². The molecule has 1 atom stereocenters. The summed E-state index contributed by atoms with van der Waals surface area (Å²) in [5.74, 6) is -0.0127. The van der Waals surface area contributed by atoms with Crippen LogP contribution in [0.3, 0.4) is 0 Å². The van der Waals surface area contributed by atoms with Crippen molar-refractivity contribution < 1.29 is 33.6 Å². The molecule has 0 aliphatic heterocycles. The van der Waals surface area contributed by atoms with Crippen LogP contribution in [-0.2, 0) is 19.1 Å². The Morgan fingerprint density at radius 3 is 2.58 bits per heavy atom. The third-order valence-electron chi connectivity index (χ3n) is 3.60. The fourth-order valence-electron chi connectivity index (χ4n) is 2.19. The number of methoxy groups -OCH3 is 2. The van der Waals surface area contributed by atoms with E-state index in [2.05, 4.69) is 0 Å². The SMILES string of the molecule is COC(=O)C(C)CN(CCOCCO)C(=O)COc1cccc(OC)c1. The van der Waals surface area contributed by atoms with Crippen LogP contribution in [0.25, 0.3) is 0 Å². The quantitative estimate of drug-likeness (QED) is 0.428. The molecule has 1 aromatic rings. The van der Waals surface area contributed by atoms with Gasteiger partial charge in [0.1, 0.15) is 11.5 Å². The van der Waals surface area contributed by atoms with Gasteiger partial charge in [-0.15, -0.1) is 0 Å². The van der Waals surface area contributed by atoms with Crippen molar-refractivity contribution >= 4 is 11.9 Å². The van der Waals surface area contributed by atoms with Crippen LogP contribution in [0, 0.1) is 5.92 Å². The summed E-state index contributed by atoms with van der Waals surface area (Å²) in [7, 11) is 2.85. The molecule has 0 heterocycles. The molecule has 0 fully saturated rings. The standard InChI is InChI=1S/C18H27NO7/c1-14(18(22)24-3)12-19(7-9-25-10-8-20)17(21)13-26-16-6-4-5-15(11-16)23-2/h4-6,11,14,20H,7-10,12-13H2,1-3H3. The largest absolute Gasteiger partial charge is 0.497 e.